The molecule has 5 heteroatoms. The quantitative estimate of drug-likeness (QED) is 0.589. The van der Waals surface area contributed by atoms with Crippen LogP contribution in [0.4, 0.5) is 5.69 Å². The number of hydrogen-bond acceptors (Lipinski definition) is 4. The highest BCUT2D eigenvalue weighted by atomic mass is 16.5. The van der Waals surface area contributed by atoms with E-state index in [1.165, 1.54) is 5.69 Å². The zero-order valence-corrected chi connectivity index (χ0v) is 15.0. The van der Waals surface area contributed by atoms with E-state index in [-0.39, 0.29) is 5.91 Å². The molecule has 1 amide bonds. The fourth-order valence-electron chi connectivity index (χ4n) is 2.46. The van der Waals surface area contributed by atoms with E-state index in [1.54, 1.807) is 30.5 Å². The Bertz CT molecular complexity index is 690. The van der Waals surface area contributed by atoms with E-state index < -0.39 is 0 Å². The monoisotopic (exact) mass is 339 g/mol. The number of nitrogens with one attached hydrogen (secondary N) is 1. The smallest absolute Gasteiger partial charge is 0.271 e. The molecule has 2 aromatic carbocycles. The predicted molar refractivity (Wildman–Crippen MR) is 103 cm³/mol. The number of ether oxygens (including phenoxy) is 1. The molecule has 0 aliphatic heterocycles. The van der Waals surface area contributed by atoms with Crippen LogP contribution < -0.4 is 15.1 Å². The maximum Gasteiger partial charge on any atom is 0.271 e. The third-order valence-corrected chi connectivity index (χ3v) is 3.83. The molecule has 0 unspecified atom stereocenters. The number of rotatable bonds is 8. The third kappa shape index (κ3) is 5.35. The summed E-state index contributed by atoms with van der Waals surface area (Å²) >= 11 is 0. The van der Waals surface area contributed by atoms with Gasteiger partial charge in [0.15, 0.2) is 0 Å². The summed E-state index contributed by atoms with van der Waals surface area (Å²) in [5.74, 6) is 0.495. The van der Waals surface area contributed by atoms with E-state index in [2.05, 4.69) is 41.4 Å². The molecule has 0 aliphatic rings. The van der Waals surface area contributed by atoms with Crippen molar-refractivity contribution < 1.29 is 9.53 Å². The zero-order valence-electron chi connectivity index (χ0n) is 15.0. The van der Waals surface area contributed by atoms with Gasteiger partial charge in [-0.3, -0.25) is 4.79 Å². The molecule has 0 aliphatic carbocycles. The van der Waals surface area contributed by atoms with Gasteiger partial charge in [0.25, 0.3) is 5.91 Å². The van der Waals surface area contributed by atoms with E-state index in [1.807, 2.05) is 19.1 Å². The summed E-state index contributed by atoms with van der Waals surface area (Å²) in [7, 11) is 0. The van der Waals surface area contributed by atoms with Crippen LogP contribution in [0.1, 0.15) is 36.7 Å². The highest BCUT2D eigenvalue weighted by Gasteiger charge is 2.04. The van der Waals surface area contributed by atoms with Gasteiger partial charge in [-0.1, -0.05) is 12.1 Å². The van der Waals surface area contributed by atoms with Gasteiger partial charge in [0.2, 0.25) is 0 Å². The number of amides is 1. The molecule has 25 heavy (non-hydrogen) atoms. The maximum atomic E-state index is 12.1. The minimum atomic E-state index is -0.251. The van der Waals surface area contributed by atoms with Crippen LogP contribution in [0.2, 0.25) is 0 Å². The Kier molecular flexibility index (Phi) is 7.01. The Labute approximate surface area is 149 Å². The molecule has 2 rings (SSSR count). The fourth-order valence-corrected chi connectivity index (χ4v) is 2.46. The summed E-state index contributed by atoms with van der Waals surface area (Å²) in [6.07, 6.45) is 1.64. The van der Waals surface area contributed by atoms with Crippen molar-refractivity contribution in [1.29, 1.82) is 0 Å². The molecule has 1 N–H and O–H groups in total. The summed E-state index contributed by atoms with van der Waals surface area (Å²) in [5.41, 5.74) is 5.19. The number of hydrazone groups is 1. The second kappa shape index (κ2) is 9.47. The number of anilines is 1. The van der Waals surface area contributed by atoms with Gasteiger partial charge >= 0.3 is 0 Å². The average Bonchev–Trinajstić information content (AvgIpc) is 2.65. The first-order chi connectivity index (χ1) is 12.2. The van der Waals surface area contributed by atoms with Crippen LogP contribution in [0.25, 0.3) is 0 Å². The first kappa shape index (κ1) is 18.5. The van der Waals surface area contributed by atoms with Crippen molar-refractivity contribution in [2.75, 3.05) is 24.6 Å². The van der Waals surface area contributed by atoms with Crippen molar-refractivity contribution in [2.45, 2.75) is 20.8 Å². The molecule has 0 radical (unpaired) electrons. The molecular weight excluding hydrogens is 314 g/mol. The maximum absolute atomic E-state index is 12.1. The first-order valence-corrected chi connectivity index (χ1v) is 8.59. The molecule has 0 aromatic heterocycles. The lowest BCUT2D eigenvalue weighted by Gasteiger charge is -2.20. The fraction of sp³-hybridized carbons (Fsp3) is 0.300. The Morgan fingerprint density at radius 2 is 1.68 bits per heavy atom. The Balaban J connectivity index is 1.92. The number of carbonyl (C=O) groups excluding carboxylic acids is 1. The number of nitrogens with zero attached hydrogens (tertiary/aromatic N) is 2. The van der Waals surface area contributed by atoms with E-state index in [4.69, 9.17) is 4.74 Å². The van der Waals surface area contributed by atoms with Gasteiger partial charge in [-0.05, 0) is 62.7 Å². The van der Waals surface area contributed by atoms with Gasteiger partial charge in [-0.25, -0.2) is 5.43 Å². The summed E-state index contributed by atoms with van der Waals surface area (Å²) in [4.78, 5) is 14.3. The Morgan fingerprint density at radius 1 is 1.04 bits per heavy atom. The molecule has 0 saturated carbocycles. The number of benzene rings is 2. The number of hydrogen-bond donors (Lipinski definition) is 1. The Hall–Kier alpha value is -2.82. The predicted octanol–water partition coefficient (Wildman–Crippen LogP) is 3.70. The summed E-state index contributed by atoms with van der Waals surface area (Å²) in [6.45, 7) is 8.74. The van der Waals surface area contributed by atoms with Crippen molar-refractivity contribution in [2.24, 2.45) is 5.10 Å². The van der Waals surface area contributed by atoms with E-state index >= 15 is 0 Å². The van der Waals surface area contributed by atoms with Crippen molar-refractivity contribution in [3.63, 3.8) is 0 Å². The average molecular weight is 339 g/mol. The molecule has 0 atom stereocenters. The Morgan fingerprint density at radius 3 is 2.24 bits per heavy atom. The molecule has 0 saturated heterocycles. The molecule has 0 fully saturated rings. The number of carbonyl (C=O) groups is 1. The largest absolute Gasteiger partial charge is 0.494 e. The summed E-state index contributed by atoms with van der Waals surface area (Å²) < 4.78 is 5.36. The molecule has 0 heterocycles. The van der Waals surface area contributed by atoms with Gasteiger partial charge in [-0.15, -0.1) is 0 Å². The highest BCUT2D eigenvalue weighted by molar-refractivity contribution is 5.95. The van der Waals surface area contributed by atoms with Crippen molar-refractivity contribution >= 4 is 17.8 Å². The lowest BCUT2D eigenvalue weighted by atomic mass is 10.2. The second-order valence-corrected chi connectivity index (χ2v) is 5.42. The van der Waals surface area contributed by atoms with Gasteiger partial charge in [0.05, 0.1) is 12.8 Å². The summed E-state index contributed by atoms with van der Waals surface area (Å²) in [5, 5.41) is 4.02. The SMILES string of the molecule is CCOc1ccc(C(=O)N/N=C/c2ccc(N(CC)CC)cc2)cc1. The zero-order chi connectivity index (χ0) is 18.1. The highest BCUT2D eigenvalue weighted by Crippen LogP contribution is 2.14. The van der Waals surface area contributed by atoms with Gasteiger partial charge in [0, 0.05) is 24.3 Å². The lowest BCUT2D eigenvalue weighted by Crippen LogP contribution is -2.21. The van der Waals surface area contributed by atoms with Crippen LogP contribution >= 0.6 is 0 Å². The summed E-state index contributed by atoms with van der Waals surface area (Å²) in [6, 6.07) is 15.1. The van der Waals surface area contributed by atoms with Gasteiger partial charge in [0.1, 0.15) is 5.75 Å². The van der Waals surface area contributed by atoms with Crippen molar-refractivity contribution in [3.05, 3.63) is 59.7 Å². The first-order valence-electron chi connectivity index (χ1n) is 8.59. The van der Waals surface area contributed by atoms with E-state index in [0.29, 0.717) is 12.2 Å². The second-order valence-electron chi connectivity index (χ2n) is 5.42. The normalized spacial score (nSPS) is 10.7. The molecule has 2 aromatic rings. The minimum Gasteiger partial charge on any atom is -0.494 e. The molecule has 0 spiro atoms. The third-order valence-electron chi connectivity index (χ3n) is 3.83. The minimum absolute atomic E-state index is 0.251. The van der Waals surface area contributed by atoms with Crippen LogP contribution in [-0.2, 0) is 0 Å². The van der Waals surface area contributed by atoms with Crippen LogP contribution in [0.3, 0.4) is 0 Å². The lowest BCUT2D eigenvalue weighted by molar-refractivity contribution is 0.0955. The van der Waals surface area contributed by atoms with Crippen molar-refractivity contribution in [1.82, 2.24) is 5.43 Å². The molecule has 132 valence electrons. The van der Waals surface area contributed by atoms with Crippen LogP contribution in [0.15, 0.2) is 53.6 Å². The topological polar surface area (TPSA) is 53.9 Å². The molecule has 5 nitrogen and oxygen atoms in total. The van der Waals surface area contributed by atoms with Crippen molar-refractivity contribution in [3.8, 4) is 5.75 Å². The van der Waals surface area contributed by atoms with E-state index in [0.717, 1.165) is 24.4 Å². The van der Waals surface area contributed by atoms with Gasteiger partial charge in [-0.2, -0.15) is 5.10 Å². The van der Waals surface area contributed by atoms with E-state index in [9.17, 15) is 4.79 Å². The van der Waals surface area contributed by atoms with Crippen LogP contribution in [0.5, 0.6) is 5.75 Å². The van der Waals surface area contributed by atoms with Gasteiger partial charge < -0.3 is 9.64 Å². The molecular formula is C20H25N3O2. The molecule has 0 bridgehead atoms. The van der Waals surface area contributed by atoms with Crippen LogP contribution in [0, 0.1) is 0 Å². The standard InChI is InChI=1S/C20H25N3O2/c1-4-23(5-2)18-11-7-16(8-12-18)15-21-22-20(24)17-9-13-19(14-10-17)25-6-3/h7-15H,4-6H2,1-3H3,(H,22,24)/b21-15+. The van der Waals surface area contributed by atoms with Crippen LogP contribution in [-0.4, -0.2) is 31.8 Å².